The molecule has 0 bridgehead atoms. The maximum atomic E-state index is 12.4. The molecule has 0 aromatic heterocycles. The molecular formula is C17H16O4S. The molecule has 2 aromatic rings. The molecule has 0 amide bonds. The van der Waals surface area contributed by atoms with Crippen LogP contribution in [0, 0.1) is 0 Å². The van der Waals surface area contributed by atoms with Crippen LogP contribution in [0.2, 0.25) is 0 Å². The second kappa shape index (κ2) is 7.04. The number of sulfone groups is 1. The lowest BCUT2D eigenvalue weighted by Gasteiger charge is -2.11. The number of hydrogen-bond donors (Lipinski definition) is 1. The van der Waals surface area contributed by atoms with Crippen molar-refractivity contribution in [1.82, 2.24) is 0 Å². The Morgan fingerprint density at radius 1 is 1.00 bits per heavy atom. The van der Waals surface area contributed by atoms with E-state index in [-0.39, 0.29) is 11.3 Å². The molecule has 0 aliphatic rings. The molecule has 0 fully saturated rings. The zero-order valence-electron chi connectivity index (χ0n) is 11.8. The summed E-state index contributed by atoms with van der Waals surface area (Å²) in [5, 5.41) is 7.76. The Labute approximate surface area is 129 Å². The summed E-state index contributed by atoms with van der Waals surface area (Å²) in [5.74, 6) is -1.35. The van der Waals surface area contributed by atoms with Gasteiger partial charge in [-0.05, 0) is 24.1 Å². The van der Waals surface area contributed by atoms with E-state index in [4.69, 9.17) is 0 Å². The quantitative estimate of drug-likeness (QED) is 0.889. The van der Waals surface area contributed by atoms with Gasteiger partial charge >= 0.3 is 5.97 Å². The minimum absolute atomic E-state index is 0.0236. The number of aliphatic carboxylic acids is 1. The maximum absolute atomic E-state index is 12.4. The molecule has 114 valence electrons. The van der Waals surface area contributed by atoms with Crippen molar-refractivity contribution in [3.63, 3.8) is 0 Å². The van der Waals surface area contributed by atoms with Crippen LogP contribution in [0.3, 0.4) is 0 Å². The summed E-state index contributed by atoms with van der Waals surface area (Å²) in [7, 11) is -3.91. The number of carboxylic acid groups (broad SMARTS) is 1. The SMILES string of the molecule is O=C(O)C(C/C=C\c1ccccc1)S(=O)(=O)c1ccccc1. The van der Waals surface area contributed by atoms with Crippen LogP contribution in [0.4, 0.5) is 0 Å². The van der Waals surface area contributed by atoms with E-state index >= 15 is 0 Å². The normalized spacial score (nSPS) is 13.1. The molecule has 0 aliphatic carbocycles. The van der Waals surface area contributed by atoms with Gasteiger partial charge in [-0.25, -0.2) is 8.42 Å². The van der Waals surface area contributed by atoms with Crippen molar-refractivity contribution >= 4 is 21.9 Å². The van der Waals surface area contributed by atoms with Crippen LogP contribution in [0.15, 0.2) is 71.6 Å². The number of hydrogen-bond acceptors (Lipinski definition) is 3. The number of rotatable bonds is 6. The smallest absolute Gasteiger partial charge is 0.322 e. The van der Waals surface area contributed by atoms with Crippen LogP contribution < -0.4 is 0 Å². The van der Waals surface area contributed by atoms with Crippen molar-refractivity contribution in [3.05, 3.63) is 72.3 Å². The highest BCUT2D eigenvalue weighted by Crippen LogP contribution is 2.19. The van der Waals surface area contributed by atoms with Gasteiger partial charge in [-0.15, -0.1) is 0 Å². The standard InChI is InChI=1S/C17H16O4S/c18-17(19)16(13-7-10-14-8-3-1-4-9-14)22(20,21)15-11-5-2-6-12-15/h1-12,16H,13H2,(H,18,19)/b10-7-. The summed E-state index contributed by atoms with van der Waals surface area (Å²) in [6.07, 6.45) is 3.21. The van der Waals surface area contributed by atoms with Gasteiger partial charge in [0.05, 0.1) is 4.90 Å². The lowest BCUT2D eigenvalue weighted by atomic mass is 10.2. The van der Waals surface area contributed by atoms with E-state index in [9.17, 15) is 18.3 Å². The third-order valence-electron chi connectivity index (χ3n) is 3.18. The first-order valence-corrected chi connectivity index (χ1v) is 8.30. The van der Waals surface area contributed by atoms with Gasteiger partial charge in [-0.1, -0.05) is 60.7 Å². The van der Waals surface area contributed by atoms with Gasteiger partial charge in [0.25, 0.3) is 0 Å². The molecule has 0 heterocycles. The fourth-order valence-corrected chi connectivity index (χ4v) is 3.52. The van der Waals surface area contributed by atoms with E-state index in [0.717, 1.165) is 5.56 Å². The molecule has 1 atom stereocenters. The minimum atomic E-state index is -3.91. The first-order valence-electron chi connectivity index (χ1n) is 6.75. The van der Waals surface area contributed by atoms with Crippen LogP contribution in [0.1, 0.15) is 12.0 Å². The van der Waals surface area contributed by atoms with Gasteiger partial charge in [0.15, 0.2) is 15.1 Å². The molecule has 0 aliphatic heterocycles. The predicted molar refractivity (Wildman–Crippen MR) is 85.1 cm³/mol. The summed E-state index contributed by atoms with van der Waals surface area (Å²) in [6.45, 7) is 0. The monoisotopic (exact) mass is 316 g/mol. The topological polar surface area (TPSA) is 71.4 Å². The van der Waals surface area contributed by atoms with Crippen molar-refractivity contribution in [1.29, 1.82) is 0 Å². The van der Waals surface area contributed by atoms with Gasteiger partial charge in [0.1, 0.15) is 0 Å². The Balaban J connectivity index is 2.21. The molecule has 0 saturated heterocycles. The summed E-state index contributed by atoms with van der Waals surface area (Å²) >= 11 is 0. The van der Waals surface area contributed by atoms with Crippen molar-refractivity contribution in [2.75, 3.05) is 0 Å². The van der Waals surface area contributed by atoms with E-state index in [2.05, 4.69) is 0 Å². The Bertz CT molecular complexity index is 750. The number of allylic oxidation sites excluding steroid dienone is 1. The number of benzene rings is 2. The number of carboxylic acids is 1. The molecule has 0 saturated carbocycles. The van der Waals surface area contributed by atoms with Crippen LogP contribution in [-0.2, 0) is 14.6 Å². The zero-order chi connectivity index (χ0) is 16.0. The second-order valence-corrected chi connectivity index (χ2v) is 6.86. The molecule has 0 radical (unpaired) electrons. The highest BCUT2D eigenvalue weighted by Gasteiger charge is 2.32. The Morgan fingerprint density at radius 2 is 1.55 bits per heavy atom. The Hall–Kier alpha value is -2.40. The maximum Gasteiger partial charge on any atom is 0.322 e. The predicted octanol–water partition coefficient (Wildman–Crippen LogP) is 3.02. The van der Waals surface area contributed by atoms with E-state index in [1.807, 2.05) is 30.3 Å². The van der Waals surface area contributed by atoms with E-state index in [1.54, 1.807) is 30.4 Å². The van der Waals surface area contributed by atoms with Crippen molar-refractivity contribution in [2.24, 2.45) is 0 Å². The lowest BCUT2D eigenvalue weighted by molar-refractivity contribution is -0.136. The van der Waals surface area contributed by atoms with E-state index in [1.165, 1.54) is 12.1 Å². The molecule has 0 spiro atoms. The van der Waals surface area contributed by atoms with Gasteiger partial charge in [0, 0.05) is 0 Å². The summed E-state index contributed by atoms with van der Waals surface area (Å²) < 4.78 is 24.8. The fourth-order valence-electron chi connectivity index (χ4n) is 2.03. The molecule has 1 unspecified atom stereocenters. The molecule has 4 nitrogen and oxygen atoms in total. The highest BCUT2D eigenvalue weighted by molar-refractivity contribution is 7.92. The fraction of sp³-hybridized carbons (Fsp3) is 0.118. The molecule has 2 aromatic carbocycles. The zero-order valence-corrected chi connectivity index (χ0v) is 12.6. The van der Waals surface area contributed by atoms with E-state index < -0.39 is 21.1 Å². The van der Waals surface area contributed by atoms with Crippen LogP contribution >= 0.6 is 0 Å². The highest BCUT2D eigenvalue weighted by atomic mass is 32.2. The largest absolute Gasteiger partial charge is 0.480 e. The summed E-state index contributed by atoms with van der Waals surface area (Å²) in [5.41, 5.74) is 0.892. The van der Waals surface area contributed by atoms with Crippen molar-refractivity contribution in [3.8, 4) is 0 Å². The molecule has 5 heteroatoms. The molecule has 1 N–H and O–H groups in total. The van der Waals surface area contributed by atoms with Crippen LogP contribution in [-0.4, -0.2) is 24.7 Å². The number of carbonyl (C=O) groups is 1. The van der Waals surface area contributed by atoms with Crippen LogP contribution in [0.25, 0.3) is 6.08 Å². The van der Waals surface area contributed by atoms with Gasteiger partial charge in [-0.3, -0.25) is 4.79 Å². The molecule has 22 heavy (non-hydrogen) atoms. The lowest BCUT2D eigenvalue weighted by Crippen LogP contribution is -2.29. The second-order valence-electron chi connectivity index (χ2n) is 4.73. The Morgan fingerprint density at radius 3 is 2.09 bits per heavy atom. The van der Waals surface area contributed by atoms with Gasteiger partial charge in [-0.2, -0.15) is 0 Å². The molecular weight excluding hydrogens is 300 g/mol. The minimum Gasteiger partial charge on any atom is -0.480 e. The summed E-state index contributed by atoms with van der Waals surface area (Å²) in [4.78, 5) is 11.4. The molecule has 2 rings (SSSR count). The van der Waals surface area contributed by atoms with Gasteiger partial charge < -0.3 is 5.11 Å². The third-order valence-corrected chi connectivity index (χ3v) is 5.25. The van der Waals surface area contributed by atoms with Crippen molar-refractivity contribution in [2.45, 2.75) is 16.6 Å². The van der Waals surface area contributed by atoms with Crippen molar-refractivity contribution < 1.29 is 18.3 Å². The van der Waals surface area contributed by atoms with Crippen LogP contribution in [0.5, 0.6) is 0 Å². The average molecular weight is 316 g/mol. The van der Waals surface area contributed by atoms with Gasteiger partial charge in [0.2, 0.25) is 0 Å². The third kappa shape index (κ3) is 3.83. The first-order chi connectivity index (χ1) is 10.5. The first kappa shape index (κ1) is 16.0. The van der Waals surface area contributed by atoms with E-state index in [0.29, 0.717) is 0 Å². The summed E-state index contributed by atoms with van der Waals surface area (Å²) in [6, 6.07) is 17.0. The average Bonchev–Trinajstić information content (AvgIpc) is 2.53. The Kier molecular flexibility index (Phi) is 5.12.